The number of aryl methyl sites for hydroxylation is 2. The molecule has 1 saturated heterocycles. The van der Waals surface area contributed by atoms with Crippen molar-refractivity contribution in [2.75, 3.05) is 13.4 Å². The van der Waals surface area contributed by atoms with E-state index in [2.05, 4.69) is 17.2 Å². The van der Waals surface area contributed by atoms with Crippen molar-refractivity contribution in [1.29, 1.82) is 0 Å². The van der Waals surface area contributed by atoms with Crippen molar-refractivity contribution in [3.63, 3.8) is 0 Å². The fraction of sp³-hybridized carbons (Fsp3) is 0.238. The van der Waals surface area contributed by atoms with E-state index in [-0.39, 0.29) is 12.7 Å². The van der Waals surface area contributed by atoms with Crippen molar-refractivity contribution in [1.82, 2.24) is 5.32 Å². The summed E-state index contributed by atoms with van der Waals surface area (Å²) in [5.74, 6) is 1.74. The first-order valence-corrected chi connectivity index (χ1v) is 9.78. The summed E-state index contributed by atoms with van der Waals surface area (Å²) in [5, 5.41) is 3.37. The van der Waals surface area contributed by atoms with E-state index in [1.165, 1.54) is 17.3 Å². The summed E-state index contributed by atoms with van der Waals surface area (Å²) < 4.78 is 16.6. The fourth-order valence-corrected chi connectivity index (χ4v) is 3.70. The molecule has 0 aliphatic carbocycles. The van der Waals surface area contributed by atoms with Crippen LogP contribution in [-0.2, 0) is 4.79 Å². The normalized spacial score (nSPS) is 18.0. The molecule has 28 heavy (non-hydrogen) atoms. The topological polar surface area (TPSA) is 69.2 Å². The van der Waals surface area contributed by atoms with Gasteiger partial charge >= 0.3 is 0 Å². The van der Waals surface area contributed by atoms with E-state index in [1.807, 2.05) is 38.1 Å². The molecule has 2 heterocycles. The average molecular weight is 396 g/mol. The Labute approximate surface area is 167 Å². The Bertz CT molecular complexity index is 1010. The highest BCUT2D eigenvalue weighted by Gasteiger charge is 2.25. The number of rotatable bonds is 4. The smallest absolute Gasteiger partial charge is 0.264 e. The van der Waals surface area contributed by atoms with Gasteiger partial charge in [-0.15, -0.1) is 0 Å². The number of carbonyl (C=O) groups is 1. The molecule has 6 nitrogen and oxygen atoms in total. The maximum atomic E-state index is 12.4. The van der Waals surface area contributed by atoms with Crippen LogP contribution in [0, 0.1) is 13.8 Å². The van der Waals surface area contributed by atoms with Crippen LogP contribution in [0.5, 0.6) is 17.2 Å². The summed E-state index contributed by atoms with van der Waals surface area (Å²) in [6, 6.07) is 9.58. The van der Waals surface area contributed by atoms with Crippen LogP contribution >= 0.6 is 11.8 Å². The highest BCUT2D eigenvalue weighted by Crippen LogP contribution is 2.40. The number of nitrogens with one attached hydrogen (secondary N) is 1. The van der Waals surface area contributed by atoms with Gasteiger partial charge in [-0.1, -0.05) is 6.07 Å². The first-order chi connectivity index (χ1) is 13.5. The quantitative estimate of drug-likeness (QED) is 0.780. The van der Waals surface area contributed by atoms with Crippen LogP contribution in [0.4, 0.5) is 5.69 Å². The summed E-state index contributed by atoms with van der Waals surface area (Å²) in [6.07, 6.45) is 1.79. The van der Waals surface area contributed by atoms with Gasteiger partial charge in [-0.3, -0.25) is 4.79 Å². The highest BCUT2D eigenvalue weighted by molar-refractivity contribution is 8.18. The van der Waals surface area contributed by atoms with Crippen LogP contribution in [0.25, 0.3) is 6.08 Å². The molecule has 0 saturated carbocycles. The number of amides is 1. The first-order valence-electron chi connectivity index (χ1n) is 8.97. The summed E-state index contributed by atoms with van der Waals surface area (Å²) in [4.78, 5) is 17.5. The van der Waals surface area contributed by atoms with Crippen LogP contribution in [0.15, 0.2) is 40.2 Å². The van der Waals surface area contributed by atoms with E-state index in [4.69, 9.17) is 14.2 Å². The molecule has 144 valence electrons. The SMILES string of the molecule is CCOc1cc2c(cc1C=C1SC(=Nc3ccc(C)c(C)c3)NC1=O)OCO2. The molecule has 2 aromatic rings. The third kappa shape index (κ3) is 3.71. The molecule has 0 bridgehead atoms. The monoisotopic (exact) mass is 396 g/mol. The molecule has 0 spiro atoms. The number of carbonyl (C=O) groups excluding carboxylic acids is 1. The van der Waals surface area contributed by atoms with Gasteiger partial charge in [-0.05, 0) is 67.9 Å². The number of ether oxygens (including phenoxy) is 3. The van der Waals surface area contributed by atoms with E-state index in [0.717, 1.165) is 16.8 Å². The Morgan fingerprint density at radius 2 is 1.96 bits per heavy atom. The van der Waals surface area contributed by atoms with Gasteiger partial charge in [0.05, 0.1) is 17.2 Å². The summed E-state index contributed by atoms with van der Waals surface area (Å²) in [5.41, 5.74) is 3.94. The van der Waals surface area contributed by atoms with E-state index >= 15 is 0 Å². The molecule has 2 aliphatic heterocycles. The lowest BCUT2D eigenvalue weighted by molar-refractivity contribution is -0.115. The van der Waals surface area contributed by atoms with Crippen LogP contribution in [0.2, 0.25) is 0 Å². The molecule has 1 N–H and O–H groups in total. The molecule has 0 atom stereocenters. The van der Waals surface area contributed by atoms with Gasteiger partial charge in [0.25, 0.3) is 5.91 Å². The molecule has 1 fully saturated rings. The van der Waals surface area contributed by atoms with Gasteiger partial charge in [-0.25, -0.2) is 4.99 Å². The Hall–Kier alpha value is -2.93. The molecule has 0 unspecified atom stereocenters. The molecule has 0 radical (unpaired) electrons. The van der Waals surface area contributed by atoms with Gasteiger partial charge in [0.2, 0.25) is 6.79 Å². The number of fused-ring (bicyclic) bond motifs is 1. The maximum Gasteiger partial charge on any atom is 0.264 e. The van der Waals surface area contributed by atoms with Crippen molar-refractivity contribution in [3.05, 3.63) is 51.9 Å². The molecule has 2 aromatic carbocycles. The minimum absolute atomic E-state index is 0.183. The van der Waals surface area contributed by atoms with Crippen molar-refractivity contribution >= 4 is 34.6 Å². The summed E-state index contributed by atoms with van der Waals surface area (Å²) >= 11 is 1.30. The van der Waals surface area contributed by atoms with Gasteiger partial charge in [-0.2, -0.15) is 0 Å². The molecular formula is C21H20N2O4S. The standard InChI is InChI=1S/C21H20N2O4S/c1-4-25-16-10-18-17(26-11-27-18)8-14(16)9-19-20(24)23-21(28-19)22-15-6-5-12(2)13(3)7-15/h5-10H,4,11H2,1-3H3,(H,22,23,24). The summed E-state index contributed by atoms with van der Waals surface area (Å²) in [7, 11) is 0. The Morgan fingerprint density at radius 3 is 2.71 bits per heavy atom. The first kappa shape index (κ1) is 18.4. The maximum absolute atomic E-state index is 12.4. The Balaban J connectivity index is 1.63. The number of benzene rings is 2. The lowest BCUT2D eigenvalue weighted by atomic mass is 10.1. The third-order valence-electron chi connectivity index (χ3n) is 4.46. The number of thioether (sulfide) groups is 1. The fourth-order valence-electron chi connectivity index (χ4n) is 2.87. The predicted molar refractivity (Wildman–Crippen MR) is 110 cm³/mol. The lowest BCUT2D eigenvalue weighted by Gasteiger charge is -2.09. The van der Waals surface area contributed by atoms with E-state index in [9.17, 15) is 4.79 Å². The van der Waals surface area contributed by atoms with Crippen molar-refractivity contribution in [3.8, 4) is 17.2 Å². The molecule has 7 heteroatoms. The molecule has 0 aromatic heterocycles. The number of amidine groups is 1. The Morgan fingerprint density at radius 1 is 1.18 bits per heavy atom. The van der Waals surface area contributed by atoms with Crippen molar-refractivity contribution in [2.24, 2.45) is 4.99 Å². The number of hydrogen-bond donors (Lipinski definition) is 1. The second-order valence-electron chi connectivity index (χ2n) is 6.43. The van der Waals surface area contributed by atoms with Gasteiger partial charge < -0.3 is 19.5 Å². The van der Waals surface area contributed by atoms with E-state index < -0.39 is 0 Å². The number of nitrogens with zero attached hydrogens (tertiary/aromatic N) is 1. The van der Waals surface area contributed by atoms with Crippen LogP contribution in [0.1, 0.15) is 23.6 Å². The average Bonchev–Trinajstić information content (AvgIpc) is 3.25. The van der Waals surface area contributed by atoms with Crippen molar-refractivity contribution < 1.29 is 19.0 Å². The number of hydrogen-bond acceptors (Lipinski definition) is 6. The second kappa shape index (κ2) is 7.59. The van der Waals surface area contributed by atoms with Crippen molar-refractivity contribution in [2.45, 2.75) is 20.8 Å². The van der Waals surface area contributed by atoms with Gasteiger partial charge in [0.1, 0.15) is 5.75 Å². The molecule has 2 aliphatic rings. The number of aliphatic imine (C=N–C) groups is 1. The zero-order valence-electron chi connectivity index (χ0n) is 15.9. The molecular weight excluding hydrogens is 376 g/mol. The highest BCUT2D eigenvalue weighted by atomic mass is 32.2. The Kier molecular flexibility index (Phi) is 5.00. The zero-order chi connectivity index (χ0) is 19.7. The molecule has 4 rings (SSSR count). The minimum atomic E-state index is -0.187. The van der Waals surface area contributed by atoms with Crippen LogP contribution < -0.4 is 19.5 Å². The van der Waals surface area contributed by atoms with Crippen LogP contribution in [-0.4, -0.2) is 24.5 Å². The summed E-state index contributed by atoms with van der Waals surface area (Å²) in [6.45, 7) is 6.70. The third-order valence-corrected chi connectivity index (χ3v) is 5.37. The zero-order valence-corrected chi connectivity index (χ0v) is 16.7. The predicted octanol–water partition coefficient (Wildman–Crippen LogP) is 4.32. The van der Waals surface area contributed by atoms with Gasteiger partial charge in [0, 0.05) is 11.6 Å². The van der Waals surface area contributed by atoms with Crippen LogP contribution in [0.3, 0.4) is 0 Å². The van der Waals surface area contributed by atoms with E-state index in [0.29, 0.717) is 33.9 Å². The largest absolute Gasteiger partial charge is 0.493 e. The lowest BCUT2D eigenvalue weighted by Crippen LogP contribution is -2.19. The molecule has 1 amide bonds. The minimum Gasteiger partial charge on any atom is -0.493 e. The second-order valence-corrected chi connectivity index (χ2v) is 7.46. The van der Waals surface area contributed by atoms with Gasteiger partial charge in [0.15, 0.2) is 16.7 Å². The van der Waals surface area contributed by atoms with E-state index in [1.54, 1.807) is 12.1 Å².